The van der Waals surface area contributed by atoms with E-state index in [1.807, 2.05) is 6.92 Å². The van der Waals surface area contributed by atoms with Crippen molar-refractivity contribution >= 4 is 33.1 Å². The van der Waals surface area contributed by atoms with Crippen molar-refractivity contribution in [3.8, 4) is 11.5 Å². The number of anilines is 1. The second-order valence-corrected chi connectivity index (χ2v) is 6.59. The highest BCUT2D eigenvalue weighted by atomic mass is 32.1. The van der Waals surface area contributed by atoms with E-state index in [4.69, 9.17) is 9.47 Å². The number of hydrogen-bond donors (Lipinski definition) is 1. The molecule has 0 aliphatic carbocycles. The fourth-order valence-electron chi connectivity index (χ4n) is 2.69. The molecule has 1 N–H and O–H groups in total. The van der Waals surface area contributed by atoms with Crippen LogP contribution in [0.25, 0.3) is 10.2 Å². The van der Waals surface area contributed by atoms with Crippen molar-refractivity contribution in [2.75, 3.05) is 19.5 Å². The molecule has 3 aromatic rings. The Kier molecular flexibility index (Phi) is 4.94. The fourth-order valence-corrected chi connectivity index (χ4v) is 3.73. The Balaban J connectivity index is 2.03. The van der Waals surface area contributed by atoms with Crippen molar-refractivity contribution in [3.05, 3.63) is 45.3 Å². The van der Waals surface area contributed by atoms with Crippen molar-refractivity contribution in [2.24, 2.45) is 0 Å². The monoisotopic (exact) mass is 373 g/mol. The van der Waals surface area contributed by atoms with Crippen LogP contribution in [0.2, 0.25) is 0 Å². The maximum absolute atomic E-state index is 12.8. The van der Waals surface area contributed by atoms with E-state index in [0.717, 1.165) is 0 Å². The third-order valence-electron chi connectivity index (χ3n) is 4.12. The highest BCUT2D eigenvalue weighted by molar-refractivity contribution is 7.20. The van der Waals surface area contributed by atoms with Gasteiger partial charge in [-0.1, -0.05) is 0 Å². The highest BCUT2D eigenvalue weighted by Crippen LogP contribution is 2.32. The summed E-state index contributed by atoms with van der Waals surface area (Å²) in [7, 11) is 3.08. The molecule has 0 atom stereocenters. The molecule has 2 aromatic heterocycles. The van der Waals surface area contributed by atoms with Gasteiger partial charge in [0.15, 0.2) is 0 Å². The Morgan fingerprint density at radius 3 is 2.73 bits per heavy atom. The van der Waals surface area contributed by atoms with Crippen LogP contribution in [0.5, 0.6) is 11.5 Å². The van der Waals surface area contributed by atoms with Gasteiger partial charge in [0, 0.05) is 12.6 Å². The molecule has 136 valence electrons. The standard InChI is InChI=1S/C18H19N3O4S/c1-5-21-9-19-17-14(18(21)23)10(2)15(26-17)16(22)20-12-8-11(24-3)6-7-13(12)25-4/h6-9H,5H2,1-4H3,(H,20,22). The number of aryl methyl sites for hydroxylation is 2. The minimum atomic E-state index is -0.320. The molecule has 0 spiro atoms. The molecule has 1 amide bonds. The van der Waals surface area contributed by atoms with Gasteiger partial charge in [0.2, 0.25) is 0 Å². The number of nitrogens with one attached hydrogen (secondary N) is 1. The summed E-state index contributed by atoms with van der Waals surface area (Å²) in [6, 6.07) is 5.14. The predicted octanol–water partition coefficient (Wildman–Crippen LogP) is 3.06. The summed E-state index contributed by atoms with van der Waals surface area (Å²) in [5, 5.41) is 3.32. The van der Waals surface area contributed by atoms with E-state index in [1.165, 1.54) is 29.3 Å². The van der Waals surface area contributed by atoms with E-state index in [0.29, 0.717) is 44.4 Å². The van der Waals surface area contributed by atoms with Crippen molar-refractivity contribution in [1.29, 1.82) is 0 Å². The maximum atomic E-state index is 12.8. The SMILES string of the molecule is CCn1cnc2sc(C(=O)Nc3cc(OC)ccc3OC)c(C)c2c1=O. The van der Waals surface area contributed by atoms with Crippen LogP contribution < -0.4 is 20.3 Å². The average molecular weight is 373 g/mol. The summed E-state index contributed by atoms with van der Waals surface area (Å²) in [5.74, 6) is 0.797. The lowest BCUT2D eigenvalue weighted by Gasteiger charge is -2.11. The molecule has 0 bridgehead atoms. The Morgan fingerprint density at radius 1 is 1.31 bits per heavy atom. The molecule has 7 nitrogen and oxygen atoms in total. The maximum Gasteiger partial charge on any atom is 0.266 e. The molecule has 2 heterocycles. The first kappa shape index (κ1) is 17.9. The zero-order valence-electron chi connectivity index (χ0n) is 15.0. The van der Waals surface area contributed by atoms with Crippen LogP contribution in [0.4, 0.5) is 5.69 Å². The van der Waals surface area contributed by atoms with Gasteiger partial charge in [-0.25, -0.2) is 4.98 Å². The fraction of sp³-hybridized carbons (Fsp3) is 0.278. The Bertz CT molecular complexity index is 1040. The lowest BCUT2D eigenvalue weighted by atomic mass is 10.2. The van der Waals surface area contributed by atoms with Crippen LogP contribution in [-0.2, 0) is 6.54 Å². The number of nitrogens with zero attached hydrogens (tertiary/aromatic N) is 2. The van der Waals surface area contributed by atoms with Crippen molar-refractivity contribution in [1.82, 2.24) is 9.55 Å². The number of carbonyl (C=O) groups excluding carboxylic acids is 1. The van der Waals surface area contributed by atoms with Gasteiger partial charge in [0.25, 0.3) is 11.5 Å². The van der Waals surface area contributed by atoms with E-state index in [2.05, 4.69) is 10.3 Å². The lowest BCUT2D eigenvalue weighted by molar-refractivity contribution is 0.102. The molecular formula is C18H19N3O4S. The summed E-state index contributed by atoms with van der Waals surface area (Å²) in [4.78, 5) is 30.6. The van der Waals surface area contributed by atoms with Crippen LogP contribution in [0, 0.1) is 6.92 Å². The third-order valence-corrected chi connectivity index (χ3v) is 5.32. The molecular weight excluding hydrogens is 354 g/mol. The number of amides is 1. The van der Waals surface area contributed by atoms with Crippen molar-refractivity contribution in [3.63, 3.8) is 0 Å². The first-order valence-corrected chi connectivity index (χ1v) is 8.83. The Labute approximate surface area is 154 Å². The first-order chi connectivity index (χ1) is 12.5. The number of ether oxygens (including phenoxy) is 2. The van der Waals surface area contributed by atoms with Gasteiger partial charge < -0.3 is 14.8 Å². The largest absolute Gasteiger partial charge is 0.497 e. The quantitative estimate of drug-likeness (QED) is 0.743. The zero-order valence-corrected chi connectivity index (χ0v) is 15.8. The van der Waals surface area contributed by atoms with Gasteiger partial charge in [-0.3, -0.25) is 14.2 Å². The summed E-state index contributed by atoms with van der Waals surface area (Å²) in [6.07, 6.45) is 1.51. The second-order valence-electron chi connectivity index (χ2n) is 5.59. The van der Waals surface area contributed by atoms with Crippen LogP contribution in [0.15, 0.2) is 29.3 Å². The van der Waals surface area contributed by atoms with E-state index in [1.54, 1.807) is 32.2 Å². The van der Waals surface area contributed by atoms with Crippen LogP contribution >= 0.6 is 11.3 Å². The van der Waals surface area contributed by atoms with Crippen molar-refractivity contribution < 1.29 is 14.3 Å². The number of thiophene rings is 1. The molecule has 1 aromatic carbocycles. The van der Waals surface area contributed by atoms with Crippen molar-refractivity contribution in [2.45, 2.75) is 20.4 Å². The number of aromatic nitrogens is 2. The minimum Gasteiger partial charge on any atom is -0.497 e. The van der Waals surface area contributed by atoms with Gasteiger partial charge in [0.1, 0.15) is 16.3 Å². The molecule has 3 rings (SSSR count). The number of fused-ring (bicyclic) bond motifs is 1. The second kappa shape index (κ2) is 7.17. The van der Waals surface area contributed by atoms with E-state index >= 15 is 0 Å². The van der Waals surface area contributed by atoms with E-state index < -0.39 is 0 Å². The topological polar surface area (TPSA) is 82.5 Å². The summed E-state index contributed by atoms with van der Waals surface area (Å²) < 4.78 is 12.0. The lowest BCUT2D eigenvalue weighted by Crippen LogP contribution is -2.19. The van der Waals surface area contributed by atoms with E-state index in [9.17, 15) is 9.59 Å². The van der Waals surface area contributed by atoms with Gasteiger partial charge in [-0.15, -0.1) is 11.3 Å². The molecule has 0 saturated heterocycles. The normalized spacial score (nSPS) is 10.8. The number of hydrogen-bond acceptors (Lipinski definition) is 6. The molecule has 26 heavy (non-hydrogen) atoms. The Morgan fingerprint density at radius 2 is 2.08 bits per heavy atom. The first-order valence-electron chi connectivity index (χ1n) is 8.02. The average Bonchev–Trinajstić information content (AvgIpc) is 2.99. The molecule has 0 unspecified atom stereocenters. The van der Waals surface area contributed by atoms with Crippen LogP contribution in [-0.4, -0.2) is 29.7 Å². The summed E-state index contributed by atoms with van der Waals surface area (Å²) in [5.41, 5.74) is 0.988. The summed E-state index contributed by atoms with van der Waals surface area (Å²) >= 11 is 1.20. The molecule has 8 heteroatoms. The van der Waals surface area contributed by atoms with Gasteiger partial charge in [-0.05, 0) is 31.5 Å². The number of methoxy groups -OCH3 is 2. The Hall–Kier alpha value is -2.87. The molecule has 0 aliphatic heterocycles. The number of benzene rings is 1. The molecule has 0 radical (unpaired) electrons. The summed E-state index contributed by atoms with van der Waals surface area (Å²) in [6.45, 7) is 4.17. The van der Waals surface area contributed by atoms with Crippen LogP contribution in [0.3, 0.4) is 0 Å². The minimum absolute atomic E-state index is 0.135. The predicted molar refractivity (Wildman–Crippen MR) is 102 cm³/mol. The molecule has 0 saturated carbocycles. The smallest absolute Gasteiger partial charge is 0.266 e. The number of rotatable bonds is 5. The van der Waals surface area contributed by atoms with Gasteiger partial charge >= 0.3 is 0 Å². The zero-order chi connectivity index (χ0) is 18.8. The molecule has 0 aliphatic rings. The van der Waals surface area contributed by atoms with Gasteiger partial charge in [0.05, 0.1) is 36.5 Å². The van der Waals surface area contributed by atoms with Crippen LogP contribution in [0.1, 0.15) is 22.2 Å². The number of carbonyl (C=O) groups is 1. The highest BCUT2D eigenvalue weighted by Gasteiger charge is 2.20. The third kappa shape index (κ3) is 3.03. The van der Waals surface area contributed by atoms with E-state index in [-0.39, 0.29) is 11.5 Å². The molecule has 0 fully saturated rings. The van der Waals surface area contributed by atoms with Gasteiger partial charge in [-0.2, -0.15) is 0 Å².